The van der Waals surface area contributed by atoms with Crippen molar-refractivity contribution in [2.45, 2.75) is 13.1 Å². The van der Waals surface area contributed by atoms with Gasteiger partial charge < -0.3 is 9.88 Å². The fourth-order valence-corrected chi connectivity index (χ4v) is 6.38. The Balaban J connectivity index is 1.15. The molecule has 44 heavy (non-hydrogen) atoms. The molecule has 0 aliphatic heterocycles. The maximum Gasteiger partial charge on any atom is 0.275 e. The Labute approximate surface area is 258 Å². The minimum Gasteiger partial charge on any atom is -0.379 e. The van der Waals surface area contributed by atoms with Gasteiger partial charge in [0.1, 0.15) is 5.01 Å². The molecule has 7 rings (SSSR count). The second-order valence-electron chi connectivity index (χ2n) is 10.4. The maximum atomic E-state index is 12.0. The van der Waals surface area contributed by atoms with Crippen molar-refractivity contribution in [3.63, 3.8) is 0 Å². The van der Waals surface area contributed by atoms with Crippen LogP contribution in [-0.4, -0.2) is 19.5 Å². The molecule has 2 aromatic heterocycles. The lowest BCUT2D eigenvalue weighted by Crippen LogP contribution is -2.09. The average molecular weight is 594 g/mol. The molecule has 0 saturated heterocycles. The SMILES string of the molecule is O=[N+]([O-])c1cc(-c2ccccc2)ccc1Cn1cncc1CNc1ccc(-c2nc3ccccc3s2)c(-c2ccccc2)c1. The Morgan fingerprint density at radius 3 is 2.30 bits per heavy atom. The van der Waals surface area contributed by atoms with Gasteiger partial charge in [0.25, 0.3) is 5.69 Å². The minimum absolute atomic E-state index is 0.0944. The molecule has 0 aliphatic rings. The molecule has 0 fully saturated rings. The Hall–Kier alpha value is -5.60. The number of hydrogen-bond donors (Lipinski definition) is 1. The van der Waals surface area contributed by atoms with Crippen LogP contribution in [0.5, 0.6) is 0 Å². The first kappa shape index (κ1) is 27.2. The van der Waals surface area contributed by atoms with Crippen LogP contribution in [0.2, 0.25) is 0 Å². The molecule has 0 aliphatic carbocycles. The van der Waals surface area contributed by atoms with Crippen molar-refractivity contribution in [3.05, 3.63) is 155 Å². The van der Waals surface area contributed by atoms with Gasteiger partial charge in [-0.05, 0) is 58.7 Å². The third-order valence-corrected chi connectivity index (χ3v) is 8.70. The van der Waals surface area contributed by atoms with E-state index in [2.05, 4.69) is 46.7 Å². The summed E-state index contributed by atoms with van der Waals surface area (Å²) < 4.78 is 3.11. The molecule has 0 atom stereocenters. The van der Waals surface area contributed by atoms with Gasteiger partial charge in [-0.15, -0.1) is 11.3 Å². The van der Waals surface area contributed by atoms with E-state index < -0.39 is 0 Å². The monoisotopic (exact) mass is 593 g/mol. The van der Waals surface area contributed by atoms with Crippen LogP contribution in [0.1, 0.15) is 11.3 Å². The molecular weight excluding hydrogens is 566 g/mol. The summed E-state index contributed by atoms with van der Waals surface area (Å²) >= 11 is 1.69. The lowest BCUT2D eigenvalue weighted by Gasteiger charge is -2.14. The fraction of sp³-hybridized carbons (Fsp3) is 0.0556. The van der Waals surface area contributed by atoms with Crippen LogP contribution < -0.4 is 5.32 Å². The number of nitrogens with zero attached hydrogens (tertiary/aromatic N) is 4. The molecule has 0 unspecified atom stereocenters. The molecule has 0 bridgehead atoms. The van der Waals surface area contributed by atoms with Crippen LogP contribution in [-0.2, 0) is 13.1 Å². The van der Waals surface area contributed by atoms with Crippen LogP contribution in [0.25, 0.3) is 43.0 Å². The van der Waals surface area contributed by atoms with Gasteiger partial charge in [0, 0.05) is 29.1 Å². The molecule has 0 spiro atoms. The number of fused-ring (bicyclic) bond motifs is 1. The van der Waals surface area contributed by atoms with Gasteiger partial charge in [0.15, 0.2) is 0 Å². The molecule has 7 nitrogen and oxygen atoms in total. The lowest BCUT2D eigenvalue weighted by atomic mass is 9.99. The molecule has 5 aromatic carbocycles. The first-order chi connectivity index (χ1) is 21.6. The van der Waals surface area contributed by atoms with Crippen LogP contribution in [0.15, 0.2) is 134 Å². The number of nitrogens with one attached hydrogen (secondary N) is 1. The summed E-state index contributed by atoms with van der Waals surface area (Å²) in [4.78, 5) is 21.0. The number of rotatable bonds is 9. The standard InChI is InChI=1S/C36H27N5O2S/c42-41(43)34-19-27(25-9-3-1-4-10-25)15-16-28(34)23-40-24-37-21-30(40)22-38-29-17-18-31(32(20-29)26-11-5-2-6-12-26)36-39-33-13-7-8-14-35(33)44-36/h1-21,24,38H,22-23H2. The number of anilines is 1. The van der Waals surface area contributed by atoms with E-state index in [1.54, 1.807) is 29.9 Å². The smallest absolute Gasteiger partial charge is 0.275 e. The average Bonchev–Trinajstić information content (AvgIpc) is 3.71. The summed E-state index contributed by atoms with van der Waals surface area (Å²) in [7, 11) is 0. The highest BCUT2D eigenvalue weighted by Crippen LogP contribution is 2.38. The van der Waals surface area contributed by atoms with Gasteiger partial charge in [-0.3, -0.25) is 10.1 Å². The van der Waals surface area contributed by atoms with Gasteiger partial charge >= 0.3 is 0 Å². The van der Waals surface area contributed by atoms with E-state index in [1.807, 2.05) is 83.4 Å². The van der Waals surface area contributed by atoms with Crippen molar-refractivity contribution in [1.82, 2.24) is 14.5 Å². The fourth-order valence-electron chi connectivity index (χ4n) is 5.38. The van der Waals surface area contributed by atoms with Gasteiger partial charge in [0.2, 0.25) is 0 Å². The van der Waals surface area contributed by atoms with Gasteiger partial charge in [-0.25, -0.2) is 9.97 Å². The largest absolute Gasteiger partial charge is 0.379 e. The van der Waals surface area contributed by atoms with E-state index in [1.165, 1.54) is 0 Å². The van der Waals surface area contributed by atoms with E-state index >= 15 is 0 Å². The molecule has 0 radical (unpaired) electrons. The quantitative estimate of drug-likeness (QED) is 0.133. The lowest BCUT2D eigenvalue weighted by molar-refractivity contribution is -0.385. The third kappa shape index (κ3) is 5.58. The van der Waals surface area contributed by atoms with Gasteiger partial charge in [0.05, 0.1) is 40.3 Å². The van der Waals surface area contributed by atoms with Gasteiger partial charge in [-0.1, -0.05) is 78.9 Å². The minimum atomic E-state index is -0.311. The van der Waals surface area contributed by atoms with Crippen molar-refractivity contribution >= 4 is 32.9 Å². The predicted molar refractivity (Wildman–Crippen MR) is 178 cm³/mol. The van der Waals surface area contributed by atoms with E-state index in [9.17, 15) is 10.1 Å². The third-order valence-electron chi connectivity index (χ3n) is 7.63. The second kappa shape index (κ2) is 11.9. The number of imidazole rings is 1. The summed E-state index contributed by atoms with van der Waals surface area (Å²) in [5, 5.41) is 16.5. The number of para-hydroxylation sites is 1. The first-order valence-corrected chi connectivity index (χ1v) is 15.0. The summed E-state index contributed by atoms with van der Waals surface area (Å²) in [6.07, 6.45) is 3.52. The molecule has 2 heterocycles. The normalized spacial score (nSPS) is 11.1. The molecule has 7 aromatic rings. The summed E-state index contributed by atoms with van der Waals surface area (Å²) in [6, 6.07) is 40.0. The zero-order valence-corrected chi connectivity index (χ0v) is 24.4. The predicted octanol–water partition coefficient (Wildman–Crippen LogP) is 9.06. The summed E-state index contributed by atoms with van der Waals surface area (Å²) in [5.41, 5.74) is 8.64. The van der Waals surface area contributed by atoms with E-state index in [0.29, 0.717) is 18.7 Å². The molecule has 0 saturated carbocycles. The van der Waals surface area contributed by atoms with E-state index in [0.717, 1.165) is 54.4 Å². The Bertz CT molecular complexity index is 2050. The number of hydrogen-bond acceptors (Lipinski definition) is 6. The summed E-state index contributed by atoms with van der Waals surface area (Å²) in [6.45, 7) is 0.846. The zero-order chi connectivity index (χ0) is 29.9. The van der Waals surface area contributed by atoms with Crippen LogP contribution >= 0.6 is 11.3 Å². The van der Waals surface area contributed by atoms with Crippen molar-refractivity contribution < 1.29 is 4.92 Å². The Kier molecular flexibility index (Phi) is 7.40. The van der Waals surface area contributed by atoms with Crippen molar-refractivity contribution in [2.24, 2.45) is 0 Å². The number of benzene rings is 5. The summed E-state index contributed by atoms with van der Waals surface area (Å²) in [5.74, 6) is 0. The highest BCUT2D eigenvalue weighted by Gasteiger charge is 2.17. The molecule has 8 heteroatoms. The molecular formula is C36H27N5O2S. The number of nitro groups is 1. The second-order valence-corrected chi connectivity index (χ2v) is 11.5. The van der Waals surface area contributed by atoms with Crippen molar-refractivity contribution in [2.75, 3.05) is 5.32 Å². The maximum absolute atomic E-state index is 12.0. The van der Waals surface area contributed by atoms with Crippen LogP contribution in [0, 0.1) is 10.1 Å². The molecule has 1 N–H and O–H groups in total. The van der Waals surface area contributed by atoms with Gasteiger partial charge in [-0.2, -0.15) is 0 Å². The first-order valence-electron chi connectivity index (χ1n) is 14.2. The molecule has 214 valence electrons. The number of aromatic nitrogens is 3. The topological polar surface area (TPSA) is 85.9 Å². The van der Waals surface area contributed by atoms with E-state index in [-0.39, 0.29) is 10.6 Å². The van der Waals surface area contributed by atoms with Crippen LogP contribution in [0.4, 0.5) is 11.4 Å². The highest BCUT2D eigenvalue weighted by molar-refractivity contribution is 7.21. The van der Waals surface area contributed by atoms with Crippen molar-refractivity contribution in [3.8, 4) is 32.8 Å². The number of nitro benzene ring substituents is 1. The Morgan fingerprint density at radius 1 is 0.773 bits per heavy atom. The zero-order valence-electron chi connectivity index (χ0n) is 23.6. The molecule has 0 amide bonds. The van der Waals surface area contributed by atoms with Crippen LogP contribution in [0.3, 0.4) is 0 Å². The Morgan fingerprint density at radius 2 is 1.52 bits per heavy atom. The van der Waals surface area contributed by atoms with Crippen molar-refractivity contribution in [1.29, 1.82) is 0 Å². The van der Waals surface area contributed by atoms with E-state index in [4.69, 9.17) is 4.98 Å². The number of thiazole rings is 1. The highest BCUT2D eigenvalue weighted by atomic mass is 32.1.